The van der Waals surface area contributed by atoms with Crippen molar-refractivity contribution in [1.29, 1.82) is 0 Å². The van der Waals surface area contributed by atoms with Crippen LogP contribution in [0, 0.1) is 0 Å². The Morgan fingerprint density at radius 1 is 1.11 bits per heavy atom. The number of fused-ring (bicyclic) bond motifs is 1. The summed E-state index contributed by atoms with van der Waals surface area (Å²) in [5.74, 6) is 0.132. The molecule has 0 fully saturated rings. The predicted octanol–water partition coefficient (Wildman–Crippen LogP) is 3.01. The number of esters is 1. The van der Waals surface area contributed by atoms with Crippen LogP contribution in [0.15, 0.2) is 58.5 Å². The molecule has 0 saturated heterocycles. The molecule has 0 radical (unpaired) electrons. The van der Waals surface area contributed by atoms with Crippen molar-refractivity contribution in [3.8, 4) is 11.5 Å². The van der Waals surface area contributed by atoms with Crippen LogP contribution in [0.4, 0.5) is 5.69 Å². The van der Waals surface area contributed by atoms with E-state index >= 15 is 0 Å². The fraction of sp³-hybridized carbons (Fsp3) is 0.167. The van der Waals surface area contributed by atoms with Crippen molar-refractivity contribution in [2.24, 2.45) is 0 Å². The number of hydrogen-bond donors (Lipinski definition) is 1. The molecule has 27 heavy (non-hydrogen) atoms. The summed E-state index contributed by atoms with van der Waals surface area (Å²) in [4.78, 5) is 11.5. The molecule has 0 amide bonds. The highest BCUT2D eigenvalue weighted by Gasteiger charge is 2.28. The molecule has 7 nitrogen and oxygen atoms in total. The van der Waals surface area contributed by atoms with E-state index in [2.05, 4.69) is 10.1 Å². The Labute approximate surface area is 161 Å². The van der Waals surface area contributed by atoms with E-state index in [9.17, 15) is 13.2 Å². The molecule has 1 N–H and O–H groups in total. The summed E-state index contributed by atoms with van der Waals surface area (Å²) in [5, 5.41) is 3.18. The van der Waals surface area contributed by atoms with Crippen molar-refractivity contribution < 1.29 is 27.4 Å². The SMILES string of the molecule is COC(=O)/C(=C/Nc1ccc2c(c1)OCCO2)S(=O)(=O)c1ccc(Cl)cc1. The average molecular weight is 410 g/mol. The number of anilines is 1. The highest BCUT2D eigenvalue weighted by molar-refractivity contribution is 7.96. The van der Waals surface area contributed by atoms with Crippen LogP contribution < -0.4 is 14.8 Å². The highest BCUT2D eigenvalue weighted by Crippen LogP contribution is 2.33. The summed E-state index contributed by atoms with van der Waals surface area (Å²) < 4.78 is 41.1. The van der Waals surface area contributed by atoms with Crippen LogP contribution in [-0.2, 0) is 19.4 Å². The van der Waals surface area contributed by atoms with Crippen LogP contribution in [0.2, 0.25) is 5.02 Å². The quantitative estimate of drug-likeness (QED) is 0.599. The molecule has 142 valence electrons. The molecule has 0 aromatic heterocycles. The van der Waals surface area contributed by atoms with Gasteiger partial charge < -0.3 is 19.5 Å². The van der Waals surface area contributed by atoms with Crippen LogP contribution in [-0.4, -0.2) is 34.7 Å². The van der Waals surface area contributed by atoms with Crippen molar-refractivity contribution in [3.63, 3.8) is 0 Å². The fourth-order valence-electron chi connectivity index (χ4n) is 2.37. The molecule has 0 saturated carbocycles. The molecule has 0 spiro atoms. The van der Waals surface area contributed by atoms with Gasteiger partial charge in [-0.3, -0.25) is 0 Å². The Kier molecular flexibility index (Phi) is 5.57. The van der Waals surface area contributed by atoms with Crippen molar-refractivity contribution in [1.82, 2.24) is 0 Å². The molecule has 1 aliphatic heterocycles. The van der Waals surface area contributed by atoms with Gasteiger partial charge in [0, 0.05) is 23.0 Å². The minimum Gasteiger partial charge on any atom is -0.486 e. The maximum Gasteiger partial charge on any atom is 0.351 e. The van der Waals surface area contributed by atoms with E-state index in [1.54, 1.807) is 18.2 Å². The Morgan fingerprint density at radius 3 is 2.44 bits per heavy atom. The summed E-state index contributed by atoms with van der Waals surface area (Å²) >= 11 is 5.79. The van der Waals surface area contributed by atoms with E-state index in [-0.39, 0.29) is 4.90 Å². The lowest BCUT2D eigenvalue weighted by Gasteiger charge is -2.18. The molecule has 0 unspecified atom stereocenters. The van der Waals surface area contributed by atoms with Gasteiger partial charge >= 0.3 is 5.97 Å². The molecule has 9 heteroatoms. The summed E-state index contributed by atoms with van der Waals surface area (Å²) in [6, 6.07) is 10.5. The summed E-state index contributed by atoms with van der Waals surface area (Å²) in [7, 11) is -3.00. The third-order valence-corrected chi connectivity index (χ3v) is 5.72. The Morgan fingerprint density at radius 2 is 1.78 bits per heavy atom. The summed E-state index contributed by atoms with van der Waals surface area (Å²) in [6.07, 6.45) is 1.08. The largest absolute Gasteiger partial charge is 0.486 e. The summed E-state index contributed by atoms with van der Waals surface area (Å²) in [6.45, 7) is 0.885. The number of rotatable bonds is 5. The van der Waals surface area contributed by atoms with Gasteiger partial charge in [-0.15, -0.1) is 0 Å². The molecule has 2 aromatic carbocycles. The number of benzene rings is 2. The Bertz CT molecular complexity index is 985. The number of carbonyl (C=O) groups is 1. The van der Waals surface area contributed by atoms with Gasteiger partial charge in [0.2, 0.25) is 9.84 Å². The van der Waals surface area contributed by atoms with Crippen LogP contribution in [0.5, 0.6) is 11.5 Å². The zero-order valence-corrected chi connectivity index (χ0v) is 15.8. The van der Waals surface area contributed by atoms with E-state index in [0.29, 0.717) is 35.4 Å². The minimum absolute atomic E-state index is 0.0764. The number of halogens is 1. The topological polar surface area (TPSA) is 90.9 Å². The molecular weight excluding hydrogens is 394 g/mol. The first-order valence-corrected chi connectivity index (χ1v) is 9.73. The number of sulfone groups is 1. The maximum atomic E-state index is 12.8. The van der Waals surface area contributed by atoms with Gasteiger partial charge in [0.05, 0.1) is 12.0 Å². The maximum absolute atomic E-state index is 12.8. The zero-order chi connectivity index (χ0) is 19.4. The second-order valence-corrected chi connectivity index (χ2v) is 7.81. The molecule has 0 atom stereocenters. The monoisotopic (exact) mass is 409 g/mol. The van der Waals surface area contributed by atoms with Crippen LogP contribution in [0.25, 0.3) is 0 Å². The minimum atomic E-state index is -4.11. The van der Waals surface area contributed by atoms with Gasteiger partial charge in [-0.2, -0.15) is 0 Å². The molecule has 1 aliphatic rings. The van der Waals surface area contributed by atoms with Crippen molar-refractivity contribution in [2.75, 3.05) is 25.6 Å². The van der Waals surface area contributed by atoms with E-state index in [1.165, 1.54) is 24.3 Å². The lowest BCUT2D eigenvalue weighted by molar-refractivity contribution is -0.135. The van der Waals surface area contributed by atoms with E-state index in [4.69, 9.17) is 21.1 Å². The van der Waals surface area contributed by atoms with Crippen molar-refractivity contribution in [2.45, 2.75) is 4.90 Å². The third kappa shape index (κ3) is 4.17. The number of nitrogens with one attached hydrogen (secondary N) is 1. The molecule has 3 rings (SSSR count). The van der Waals surface area contributed by atoms with E-state index in [1.807, 2.05) is 0 Å². The smallest absolute Gasteiger partial charge is 0.351 e. The first-order chi connectivity index (χ1) is 12.9. The third-order valence-electron chi connectivity index (χ3n) is 3.71. The second kappa shape index (κ2) is 7.89. The summed E-state index contributed by atoms with van der Waals surface area (Å²) in [5.41, 5.74) is 0.520. The van der Waals surface area contributed by atoms with E-state index < -0.39 is 20.7 Å². The molecule has 0 bridgehead atoms. The predicted molar refractivity (Wildman–Crippen MR) is 99.8 cm³/mol. The van der Waals surface area contributed by atoms with Crippen LogP contribution >= 0.6 is 11.6 Å². The number of ether oxygens (including phenoxy) is 3. The fourth-order valence-corrected chi connectivity index (χ4v) is 3.76. The Balaban J connectivity index is 1.93. The second-order valence-electron chi connectivity index (χ2n) is 5.46. The lowest BCUT2D eigenvalue weighted by Crippen LogP contribution is -2.17. The molecule has 2 aromatic rings. The van der Waals surface area contributed by atoms with Gasteiger partial charge in [0.25, 0.3) is 0 Å². The standard InChI is InChI=1S/C18H16ClNO6S/c1-24-18(21)17(27(22,23)14-5-2-12(19)3-6-14)11-20-13-4-7-15-16(10-13)26-9-8-25-15/h2-7,10-11,20H,8-9H2,1H3/b17-11-. The molecule has 0 aliphatic carbocycles. The van der Waals surface area contributed by atoms with Crippen molar-refractivity contribution in [3.05, 3.63) is 58.6 Å². The highest BCUT2D eigenvalue weighted by atomic mass is 35.5. The van der Waals surface area contributed by atoms with Gasteiger partial charge in [-0.1, -0.05) is 11.6 Å². The first kappa shape index (κ1) is 19.1. The lowest BCUT2D eigenvalue weighted by atomic mass is 10.2. The van der Waals surface area contributed by atoms with E-state index in [0.717, 1.165) is 13.3 Å². The molecular formula is C18H16ClNO6S. The van der Waals surface area contributed by atoms with Crippen molar-refractivity contribution >= 4 is 33.1 Å². The van der Waals surface area contributed by atoms with Gasteiger partial charge in [0.15, 0.2) is 16.4 Å². The Hall–Kier alpha value is -2.71. The number of methoxy groups -OCH3 is 1. The number of hydrogen-bond acceptors (Lipinski definition) is 7. The number of carbonyl (C=O) groups excluding carboxylic acids is 1. The van der Waals surface area contributed by atoms with Gasteiger partial charge in [0.1, 0.15) is 13.2 Å². The zero-order valence-electron chi connectivity index (χ0n) is 14.3. The average Bonchev–Trinajstić information content (AvgIpc) is 2.68. The van der Waals surface area contributed by atoms with Gasteiger partial charge in [-0.25, -0.2) is 13.2 Å². The van der Waals surface area contributed by atoms with Crippen LogP contribution in [0.3, 0.4) is 0 Å². The first-order valence-electron chi connectivity index (χ1n) is 7.87. The normalized spacial score (nSPS) is 13.8. The van der Waals surface area contributed by atoms with Gasteiger partial charge in [-0.05, 0) is 36.4 Å². The van der Waals surface area contributed by atoms with Crippen LogP contribution in [0.1, 0.15) is 0 Å². The molecule has 1 heterocycles.